The number of hydrogen-bond acceptors (Lipinski definition) is 3. The van der Waals surface area contributed by atoms with Crippen LogP contribution >= 0.6 is 59.2 Å². The van der Waals surface area contributed by atoms with Crippen molar-refractivity contribution in [2.45, 2.75) is 32.7 Å². The summed E-state index contributed by atoms with van der Waals surface area (Å²) < 4.78 is 1.73. The number of hydrazine groups is 1. The summed E-state index contributed by atoms with van der Waals surface area (Å²) in [6, 6.07) is 11.6. The Labute approximate surface area is 190 Å². The fourth-order valence-corrected chi connectivity index (χ4v) is 3.08. The van der Waals surface area contributed by atoms with Gasteiger partial charge in [-0.3, -0.25) is 9.59 Å². The third-order valence-electron chi connectivity index (χ3n) is 3.95. The number of nitrogens with zero attached hydrogens (tertiary/aromatic N) is 2. The molecule has 9 heteroatoms. The molecule has 0 aliphatic carbocycles. The van der Waals surface area contributed by atoms with Crippen molar-refractivity contribution in [2.24, 2.45) is 0 Å². The van der Waals surface area contributed by atoms with Crippen LogP contribution in [0.25, 0.3) is 0 Å². The molecule has 0 aliphatic heterocycles. The number of amides is 1. The fourth-order valence-electron chi connectivity index (χ4n) is 2.35. The van der Waals surface area contributed by atoms with Crippen molar-refractivity contribution >= 4 is 70.9 Å². The molecule has 0 radical (unpaired) electrons. The zero-order chi connectivity index (χ0) is 20.4. The lowest BCUT2D eigenvalue weighted by Gasteiger charge is -2.35. The van der Waals surface area contributed by atoms with Crippen molar-refractivity contribution in [1.29, 1.82) is 0 Å². The van der Waals surface area contributed by atoms with Gasteiger partial charge in [0.25, 0.3) is 5.91 Å². The van der Waals surface area contributed by atoms with Gasteiger partial charge in [-0.2, -0.15) is 4.53 Å². The second-order valence-corrected chi connectivity index (χ2v) is 8.19. The molecule has 0 fully saturated rings. The Morgan fingerprint density at radius 2 is 1.46 bits per heavy atom. The van der Waals surface area contributed by atoms with Gasteiger partial charge in [-0.15, -0.1) is 16.9 Å². The first-order valence-electron chi connectivity index (χ1n) is 8.04. The van der Waals surface area contributed by atoms with Crippen LogP contribution in [0, 0.1) is 6.92 Å². The van der Waals surface area contributed by atoms with Crippen LogP contribution in [0.15, 0.2) is 42.5 Å². The van der Waals surface area contributed by atoms with E-state index in [9.17, 15) is 9.59 Å². The zero-order valence-corrected chi connectivity index (χ0v) is 19.2. The maximum atomic E-state index is 12.6. The number of rotatable bonds is 6. The quantitative estimate of drug-likeness (QED) is 0.259. The highest BCUT2D eigenvalue weighted by molar-refractivity contribution is 6.42. The minimum absolute atomic E-state index is 0. The monoisotopic (exact) mass is 482 g/mol. The van der Waals surface area contributed by atoms with Gasteiger partial charge in [0.15, 0.2) is 5.78 Å². The van der Waals surface area contributed by atoms with E-state index in [-0.39, 0.29) is 35.2 Å². The minimum atomic E-state index is -0.933. The molecular formula is C19H19Cl5N2O2. The number of hydrogen-bond donors (Lipinski definition) is 0. The maximum Gasteiger partial charge on any atom is 0.284 e. The molecule has 0 saturated carbocycles. The van der Waals surface area contributed by atoms with Crippen LogP contribution in [-0.4, -0.2) is 26.3 Å². The SMILES string of the molecule is Cc1ccc(C(=O)CC(C)(C)N(Cl)N(Cl)C(=O)c2ccc(Cl)c(Cl)c2)cc1.Cl. The van der Waals surface area contributed by atoms with Crippen LogP contribution in [0.2, 0.25) is 10.0 Å². The van der Waals surface area contributed by atoms with E-state index in [4.69, 9.17) is 46.8 Å². The summed E-state index contributed by atoms with van der Waals surface area (Å²) in [7, 11) is 0. The summed E-state index contributed by atoms with van der Waals surface area (Å²) in [4.78, 5) is 25.1. The third-order valence-corrected chi connectivity index (χ3v) is 5.68. The molecule has 0 aromatic heterocycles. The van der Waals surface area contributed by atoms with Gasteiger partial charge in [0.1, 0.15) is 0 Å². The average molecular weight is 485 g/mol. The predicted molar refractivity (Wildman–Crippen MR) is 118 cm³/mol. The van der Waals surface area contributed by atoms with E-state index in [1.54, 1.807) is 26.0 Å². The molecule has 4 nitrogen and oxygen atoms in total. The Hall–Kier alpha value is -1.01. The Bertz CT molecular complexity index is 856. The van der Waals surface area contributed by atoms with Gasteiger partial charge in [-0.05, 0) is 39.0 Å². The van der Waals surface area contributed by atoms with Crippen molar-refractivity contribution in [2.75, 3.05) is 0 Å². The summed E-state index contributed by atoms with van der Waals surface area (Å²) in [6.45, 7) is 5.37. The maximum absolute atomic E-state index is 12.6. The number of halogens is 5. The van der Waals surface area contributed by atoms with Gasteiger partial charge in [0, 0.05) is 41.1 Å². The molecule has 0 unspecified atom stereocenters. The lowest BCUT2D eigenvalue weighted by Crippen LogP contribution is -2.48. The van der Waals surface area contributed by atoms with Crippen LogP contribution in [0.1, 0.15) is 46.5 Å². The molecule has 2 aromatic carbocycles. The molecule has 0 atom stereocenters. The molecule has 2 aromatic rings. The molecule has 28 heavy (non-hydrogen) atoms. The molecule has 152 valence electrons. The van der Waals surface area contributed by atoms with Gasteiger partial charge in [0.2, 0.25) is 0 Å². The summed E-state index contributed by atoms with van der Waals surface area (Å²) in [5.41, 5.74) is 0.905. The second kappa shape index (κ2) is 10.1. The first-order valence-corrected chi connectivity index (χ1v) is 9.47. The summed E-state index contributed by atoms with van der Waals surface area (Å²) >= 11 is 24.2. The van der Waals surface area contributed by atoms with Crippen LogP contribution in [-0.2, 0) is 0 Å². The van der Waals surface area contributed by atoms with E-state index in [1.165, 1.54) is 18.2 Å². The van der Waals surface area contributed by atoms with Gasteiger partial charge in [0.05, 0.1) is 15.6 Å². The van der Waals surface area contributed by atoms with E-state index in [0.29, 0.717) is 10.6 Å². The lowest BCUT2D eigenvalue weighted by molar-refractivity contribution is 0.0374. The van der Waals surface area contributed by atoms with Gasteiger partial charge >= 0.3 is 0 Å². The minimum Gasteiger partial charge on any atom is -0.294 e. The Kier molecular flexibility index (Phi) is 9.07. The normalized spacial score (nSPS) is 11.1. The van der Waals surface area contributed by atoms with Crippen LogP contribution in [0.4, 0.5) is 0 Å². The number of carbonyl (C=O) groups excluding carboxylic acids is 2. The number of ketones is 1. The number of benzene rings is 2. The zero-order valence-electron chi connectivity index (χ0n) is 15.4. The first-order chi connectivity index (χ1) is 12.5. The molecule has 1 amide bonds. The van der Waals surface area contributed by atoms with Gasteiger partial charge in [-0.1, -0.05) is 53.0 Å². The van der Waals surface area contributed by atoms with E-state index < -0.39 is 11.4 Å². The van der Waals surface area contributed by atoms with Crippen molar-refractivity contribution < 1.29 is 9.59 Å². The van der Waals surface area contributed by atoms with E-state index in [1.807, 2.05) is 19.1 Å². The molecule has 2 rings (SSSR count). The van der Waals surface area contributed by atoms with Crippen molar-refractivity contribution in [3.63, 3.8) is 0 Å². The Morgan fingerprint density at radius 3 is 2.00 bits per heavy atom. The number of Topliss-reactive ketones (excluding diaryl/α,β-unsaturated/α-hetero) is 1. The number of carbonyl (C=O) groups is 2. The molecule has 0 spiro atoms. The van der Waals surface area contributed by atoms with Crippen LogP contribution < -0.4 is 0 Å². The largest absolute Gasteiger partial charge is 0.294 e. The third kappa shape index (κ3) is 5.99. The summed E-state index contributed by atoms with van der Waals surface area (Å²) in [6.07, 6.45) is 0.0530. The second-order valence-electron chi connectivity index (χ2n) is 6.73. The summed E-state index contributed by atoms with van der Waals surface area (Å²) in [5, 5.41) is 0.545. The molecule has 0 saturated heterocycles. The van der Waals surface area contributed by atoms with E-state index >= 15 is 0 Å². The molecule has 0 aliphatic rings. The highest BCUT2D eigenvalue weighted by Gasteiger charge is 2.35. The van der Waals surface area contributed by atoms with Crippen LogP contribution in [0.5, 0.6) is 0 Å². The Balaban J connectivity index is 0.00000392. The topological polar surface area (TPSA) is 40.6 Å². The molecule has 0 bridgehead atoms. The smallest absolute Gasteiger partial charge is 0.284 e. The standard InChI is InChI=1S/C19H18Cl4N2O2.ClH/c1-12-4-6-13(7-5-12)17(26)11-19(2,3)25(23)24(22)18(27)14-8-9-15(20)16(21)10-14;/h4-10H,11H2,1-3H3;1H. The number of aryl methyl sites for hydroxylation is 1. The van der Waals surface area contributed by atoms with E-state index in [0.717, 1.165) is 14.6 Å². The predicted octanol–water partition coefficient (Wildman–Crippen LogP) is 6.74. The lowest BCUT2D eigenvalue weighted by atomic mass is 9.94. The van der Waals surface area contributed by atoms with E-state index in [2.05, 4.69) is 0 Å². The highest BCUT2D eigenvalue weighted by atomic mass is 35.5. The highest BCUT2D eigenvalue weighted by Crippen LogP contribution is 2.29. The van der Waals surface area contributed by atoms with Gasteiger partial charge in [-0.25, -0.2) is 0 Å². The van der Waals surface area contributed by atoms with Crippen molar-refractivity contribution in [3.05, 3.63) is 69.2 Å². The van der Waals surface area contributed by atoms with Crippen LogP contribution in [0.3, 0.4) is 0 Å². The van der Waals surface area contributed by atoms with Gasteiger partial charge < -0.3 is 0 Å². The molecular weight excluding hydrogens is 465 g/mol. The molecule has 0 N–H and O–H groups in total. The van der Waals surface area contributed by atoms with Crippen molar-refractivity contribution in [1.82, 2.24) is 9.06 Å². The van der Waals surface area contributed by atoms with Crippen molar-refractivity contribution in [3.8, 4) is 0 Å². The Morgan fingerprint density at radius 1 is 0.929 bits per heavy atom. The average Bonchev–Trinajstić information content (AvgIpc) is 2.62. The summed E-state index contributed by atoms with van der Waals surface area (Å²) in [5.74, 6) is -0.709. The fraction of sp³-hybridized carbons (Fsp3) is 0.263. The molecule has 0 heterocycles. The first kappa shape index (κ1) is 25.0.